The molecule has 6 heteroatoms. The van der Waals surface area contributed by atoms with Crippen LogP contribution in [0.2, 0.25) is 0 Å². The number of halogens is 1. The lowest BCUT2D eigenvalue weighted by molar-refractivity contribution is -0.118. The minimum atomic E-state index is -0.506. The summed E-state index contributed by atoms with van der Waals surface area (Å²) in [6, 6.07) is 8.82. The average molecular weight is 295 g/mol. The van der Waals surface area contributed by atoms with Gasteiger partial charge in [-0.25, -0.2) is 4.68 Å². The van der Waals surface area contributed by atoms with Gasteiger partial charge in [-0.2, -0.15) is 5.10 Å². The second kappa shape index (κ2) is 7.07. The van der Waals surface area contributed by atoms with Crippen molar-refractivity contribution in [3.05, 3.63) is 42.7 Å². The fourth-order valence-corrected chi connectivity index (χ4v) is 1.68. The molecule has 1 heterocycles. The third-order valence-electron chi connectivity index (χ3n) is 2.90. The molecule has 0 fully saturated rings. The number of amides is 1. The van der Waals surface area contributed by atoms with E-state index >= 15 is 0 Å². The summed E-state index contributed by atoms with van der Waals surface area (Å²) in [6.45, 7) is 3.84. The monoisotopic (exact) mass is 294 g/mol. The van der Waals surface area contributed by atoms with Crippen LogP contribution in [0, 0.1) is 5.92 Å². The van der Waals surface area contributed by atoms with E-state index in [2.05, 4.69) is 10.4 Å². The molecule has 1 atom stereocenters. The van der Waals surface area contributed by atoms with Crippen LogP contribution in [0.4, 0.5) is 5.69 Å². The van der Waals surface area contributed by atoms with Crippen molar-refractivity contribution in [2.75, 3.05) is 5.32 Å². The van der Waals surface area contributed by atoms with Crippen LogP contribution in [0.5, 0.6) is 0 Å². The van der Waals surface area contributed by atoms with Crippen molar-refractivity contribution in [2.45, 2.75) is 19.9 Å². The Morgan fingerprint density at radius 3 is 2.70 bits per heavy atom. The van der Waals surface area contributed by atoms with E-state index in [1.54, 1.807) is 10.9 Å². The van der Waals surface area contributed by atoms with Gasteiger partial charge in [0, 0.05) is 18.1 Å². The minimum absolute atomic E-state index is 0. The topological polar surface area (TPSA) is 72.9 Å². The molecule has 0 aliphatic heterocycles. The van der Waals surface area contributed by atoms with Gasteiger partial charge in [-0.05, 0) is 30.2 Å². The number of rotatable bonds is 4. The molecule has 108 valence electrons. The molecule has 1 aromatic heterocycles. The molecule has 5 nitrogen and oxygen atoms in total. The molecule has 1 aromatic carbocycles. The Hall–Kier alpha value is -1.85. The number of nitrogens with zero attached hydrogens (tertiary/aromatic N) is 2. The van der Waals surface area contributed by atoms with Crippen LogP contribution < -0.4 is 11.1 Å². The highest BCUT2D eigenvalue weighted by atomic mass is 35.5. The van der Waals surface area contributed by atoms with Gasteiger partial charge in [0.15, 0.2) is 0 Å². The highest BCUT2D eigenvalue weighted by Crippen LogP contribution is 2.14. The van der Waals surface area contributed by atoms with Gasteiger partial charge in [0.1, 0.15) is 0 Å². The van der Waals surface area contributed by atoms with Gasteiger partial charge in [-0.1, -0.05) is 19.9 Å². The van der Waals surface area contributed by atoms with E-state index < -0.39 is 6.04 Å². The van der Waals surface area contributed by atoms with E-state index in [4.69, 9.17) is 5.73 Å². The molecule has 0 radical (unpaired) electrons. The molecule has 2 rings (SSSR count). The van der Waals surface area contributed by atoms with Crippen molar-refractivity contribution in [2.24, 2.45) is 11.7 Å². The highest BCUT2D eigenvalue weighted by molar-refractivity contribution is 5.95. The summed E-state index contributed by atoms with van der Waals surface area (Å²) in [5, 5.41) is 6.97. The first-order valence-electron chi connectivity index (χ1n) is 6.24. The smallest absolute Gasteiger partial charge is 0.241 e. The van der Waals surface area contributed by atoms with E-state index in [1.807, 2.05) is 50.4 Å². The predicted molar refractivity (Wildman–Crippen MR) is 82.3 cm³/mol. The fraction of sp³-hybridized carbons (Fsp3) is 0.286. The van der Waals surface area contributed by atoms with Crippen molar-refractivity contribution < 1.29 is 4.79 Å². The van der Waals surface area contributed by atoms with Crippen molar-refractivity contribution in [1.29, 1.82) is 0 Å². The summed E-state index contributed by atoms with van der Waals surface area (Å²) < 4.78 is 1.73. The van der Waals surface area contributed by atoms with Crippen molar-refractivity contribution >= 4 is 24.0 Å². The van der Waals surface area contributed by atoms with Gasteiger partial charge in [0.25, 0.3) is 0 Å². The Balaban J connectivity index is 0.00000200. The van der Waals surface area contributed by atoms with E-state index in [1.165, 1.54) is 0 Å². The van der Waals surface area contributed by atoms with Crippen molar-refractivity contribution in [3.63, 3.8) is 0 Å². The molecule has 0 bridgehead atoms. The Kier molecular flexibility index (Phi) is 5.73. The Morgan fingerprint density at radius 2 is 2.10 bits per heavy atom. The first-order chi connectivity index (χ1) is 9.08. The summed E-state index contributed by atoms with van der Waals surface area (Å²) in [7, 11) is 0. The molecule has 0 saturated carbocycles. The number of benzene rings is 1. The predicted octanol–water partition coefficient (Wildman–Crippen LogP) is 2.22. The molecule has 0 spiro atoms. The lowest BCUT2D eigenvalue weighted by Gasteiger charge is -2.15. The van der Waals surface area contributed by atoms with E-state index in [0.717, 1.165) is 5.69 Å². The zero-order valence-corrected chi connectivity index (χ0v) is 12.3. The van der Waals surface area contributed by atoms with Gasteiger partial charge < -0.3 is 11.1 Å². The second-order valence-corrected chi connectivity index (χ2v) is 4.76. The molecule has 3 N–H and O–H groups in total. The number of nitrogens with one attached hydrogen (secondary N) is 1. The maximum absolute atomic E-state index is 11.9. The van der Waals surface area contributed by atoms with Crippen LogP contribution in [0.15, 0.2) is 42.7 Å². The molecule has 2 aromatic rings. The SMILES string of the molecule is CC(C)[C@H](N)C(=O)Nc1cccc(-n2cccn2)c1.Cl. The number of anilines is 1. The summed E-state index contributed by atoms with van der Waals surface area (Å²) in [4.78, 5) is 11.9. The Labute approximate surface area is 124 Å². The van der Waals surface area contributed by atoms with Crippen LogP contribution >= 0.6 is 12.4 Å². The van der Waals surface area contributed by atoms with Crippen LogP contribution in [0.1, 0.15) is 13.8 Å². The molecule has 20 heavy (non-hydrogen) atoms. The lowest BCUT2D eigenvalue weighted by Crippen LogP contribution is -2.39. The number of aromatic nitrogens is 2. The van der Waals surface area contributed by atoms with Crippen LogP contribution in [-0.2, 0) is 4.79 Å². The van der Waals surface area contributed by atoms with Gasteiger partial charge in [-0.3, -0.25) is 4.79 Å². The maximum atomic E-state index is 11.9. The molecular formula is C14H19ClN4O. The fourth-order valence-electron chi connectivity index (χ4n) is 1.68. The van der Waals surface area contributed by atoms with Crippen molar-refractivity contribution in [3.8, 4) is 5.69 Å². The zero-order valence-electron chi connectivity index (χ0n) is 11.5. The highest BCUT2D eigenvalue weighted by Gasteiger charge is 2.17. The van der Waals surface area contributed by atoms with Gasteiger partial charge >= 0.3 is 0 Å². The molecular weight excluding hydrogens is 276 g/mol. The molecule has 1 amide bonds. The van der Waals surface area contributed by atoms with Crippen LogP contribution in [-0.4, -0.2) is 21.7 Å². The van der Waals surface area contributed by atoms with Gasteiger partial charge in [0.05, 0.1) is 11.7 Å². The summed E-state index contributed by atoms with van der Waals surface area (Å²) in [5.74, 6) is -0.0677. The third kappa shape index (κ3) is 3.82. The zero-order chi connectivity index (χ0) is 13.8. The quantitative estimate of drug-likeness (QED) is 0.908. The number of carbonyl (C=O) groups excluding carboxylic acids is 1. The molecule has 0 aliphatic carbocycles. The van der Waals surface area contributed by atoms with Gasteiger partial charge in [-0.15, -0.1) is 12.4 Å². The standard InChI is InChI=1S/C14H18N4O.ClH/c1-10(2)13(15)14(19)17-11-5-3-6-12(9-11)18-8-4-7-16-18;/h3-10,13H,15H2,1-2H3,(H,17,19);1H/t13-;/m0./s1. The summed E-state index contributed by atoms with van der Waals surface area (Å²) in [5.41, 5.74) is 7.42. The number of nitrogens with two attached hydrogens (primary N) is 1. The normalized spacial score (nSPS) is 11.8. The van der Waals surface area contributed by atoms with E-state index in [9.17, 15) is 4.79 Å². The lowest BCUT2D eigenvalue weighted by atomic mass is 10.0. The van der Waals surface area contributed by atoms with Crippen LogP contribution in [0.3, 0.4) is 0 Å². The molecule has 0 aliphatic rings. The largest absolute Gasteiger partial charge is 0.325 e. The molecule has 0 saturated heterocycles. The summed E-state index contributed by atoms with van der Waals surface area (Å²) in [6.07, 6.45) is 3.56. The molecule has 0 unspecified atom stereocenters. The Morgan fingerprint density at radius 1 is 1.35 bits per heavy atom. The number of hydrogen-bond acceptors (Lipinski definition) is 3. The maximum Gasteiger partial charge on any atom is 0.241 e. The van der Waals surface area contributed by atoms with Gasteiger partial charge in [0.2, 0.25) is 5.91 Å². The number of carbonyl (C=O) groups is 1. The van der Waals surface area contributed by atoms with E-state index in [-0.39, 0.29) is 24.2 Å². The number of hydrogen-bond donors (Lipinski definition) is 2. The second-order valence-electron chi connectivity index (χ2n) is 4.76. The third-order valence-corrected chi connectivity index (χ3v) is 2.90. The average Bonchev–Trinajstić information content (AvgIpc) is 2.91. The van der Waals surface area contributed by atoms with Crippen LogP contribution in [0.25, 0.3) is 5.69 Å². The Bertz CT molecular complexity index is 554. The summed E-state index contributed by atoms with van der Waals surface area (Å²) >= 11 is 0. The van der Waals surface area contributed by atoms with Crippen molar-refractivity contribution in [1.82, 2.24) is 9.78 Å². The minimum Gasteiger partial charge on any atom is -0.325 e. The first kappa shape index (κ1) is 16.2. The van der Waals surface area contributed by atoms with E-state index in [0.29, 0.717) is 5.69 Å². The first-order valence-corrected chi connectivity index (χ1v) is 6.24.